The molecule has 3 rings (SSSR count). The van der Waals surface area contributed by atoms with Crippen LogP contribution >= 0.6 is 11.3 Å². The van der Waals surface area contributed by atoms with E-state index in [0.29, 0.717) is 12.3 Å². The number of carbonyl (C=O) groups is 1. The standard InChI is InChI=1S/C17H21N3OS/c1-11-3-5-14(6-4-11)17-15(22-12(2)20-17)7-16(21)19-10-13-8-18-9-13/h3-6,13,18H,7-10H2,1-2H3,(H,19,21). The molecule has 0 spiro atoms. The van der Waals surface area contributed by atoms with Gasteiger partial charge in [-0.05, 0) is 13.8 Å². The van der Waals surface area contributed by atoms with Gasteiger partial charge in [0.05, 0.1) is 17.1 Å². The Bertz CT molecular complexity index is 659. The number of thiazole rings is 1. The van der Waals surface area contributed by atoms with E-state index in [4.69, 9.17) is 0 Å². The first-order valence-electron chi connectivity index (χ1n) is 7.62. The molecule has 2 heterocycles. The number of nitrogens with one attached hydrogen (secondary N) is 2. The number of hydrogen-bond donors (Lipinski definition) is 2. The summed E-state index contributed by atoms with van der Waals surface area (Å²) < 4.78 is 0. The fraction of sp³-hybridized carbons (Fsp3) is 0.412. The highest BCUT2D eigenvalue weighted by atomic mass is 32.1. The van der Waals surface area contributed by atoms with Gasteiger partial charge < -0.3 is 10.6 Å². The normalized spacial score (nSPS) is 14.6. The molecule has 2 aromatic rings. The number of nitrogens with zero attached hydrogens (tertiary/aromatic N) is 1. The predicted octanol–water partition coefficient (Wildman–Crippen LogP) is 2.31. The van der Waals surface area contributed by atoms with E-state index in [9.17, 15) is 4.79 Å². The smallest absolute Gasteiger partial charge is 0.225 e. The first-order chi connectivity index (χ1) is 10.6. The number of carbonyl (C=O) groups excluding carboxylic acids is 1. The summed E-state index contributed by atoms with van der Waals surface area (Å²) in [5.41, 5.74) is 3.26. The van der Waals surface area contributed by atoms with Crippen LogP contribution in [0.2, 0.25) is 0 Å². The van der Waals surface area contributed by atoms with Crippen molar-refractivity contribution in [2.75, 3.05) is 19.6 Å². The minimum atomic E-state index is 0.0870. The van der Waals surface area contributed by atoms with Crippen molar-refractivity contribution < 1.29 is 4.79 Å². The number of aromatic nitrogens is 1. The summed E-state index contributed by atoms with van der Waals surface area (Å²) in [5, 5.41) is 7.25. The minimum Gasteiger partial charge on any atom is -0.355 e. The molecule has 0 aliphatic carbocycles. The number of aryl methyl sites for hydroxylation is 2. The Labute approximate surface area is 135 Å². The van der Waals surface area contributed by atoms with Crippen molar-refractivity contribution in [2.24, 2.45) is 5.92 Å². The second-order valence-corrected chi connectivity index (χ2v) is 7.16. The van der Waals surface area contributed by atoms with E-state index in [0.717, 1.165) is 40.8 Å². The highest BCUT2D eigenvalue weighted by Gasteiger charge is 2.19. The van der Waals surface area contributed by atoms with Crippen molar-refractivity contribution in [2.45, 2.75) is 20.3 Å². The van der Waals surface area contributed by atoms with Crippen molar-refractivity contribution in [1.82, 2.24) is 15.6 Å². The van der Waals surface area contributed by atoms with Crippen LogP contribution in [0, 0.1) is 19.8 Å². The Morgan fingerprint density at radius 2 is 2.05 bits per heavy atom. The maximum absolute atomic E-state index is 12.2. The number of rotatable bonds is 5. The zero-order valence-electron chi connectivity index (χ0n) is 13.0. The molecule has 1 aromatic heterocycles. The second kappa shape index (κ2) is 6.58. The molecule has 0 unspecified atom stereocenters. The van der Waals surface area contributed by atoms with Gasteiger partial charge in [0, 0.05) is 36.0 Å². The van der Waals surface area contributed by atoms with Crippen LogP contribution in [0.5, 0.6) is 0 Å². The van der Waals surface area contributed by atoms with Gasteiger partial charge in [0.2, 0.25) is 5.91 Å². The zero-order valence-corrected chi connectivity index (χ0v) is 13.8. The molecule has 5 heteroatoms. The monoisotopic (exact) mass is 315 g/mol. The molecule has 1 aliphatic rings. The van der Waals surface area contributed by atoms with Gasteiger partial charge in [0.25, 0.3) is 0 Å². The van der Waals surface area contributed by atoms with E-state index in [1.165, 1.54) is 5.56 Å². The van der Waals surface area contributed by atoms with E-state index in [1.807, 2.05) is 6.92 Å². The van der Waals surface area contributed by atoms with Gasteiger partial charge in [-0.15, -0.1) is 11.3 Å². The molecule has 1 amide bonds. The van der Waals surface area contributed by atoms with E-state index in [-0.39, 0.29) is 5.91 Å². The molecule has 4 nitrogen and oxygen atoms in total. The number of amides is 1. The van der Waals surface area contributed by atoms with Crippen LogP contribution in [-0.4, -0.2) is 30.5 Å². The van der Waals surface area contributed by atoms with Crippen LogP contribution in [0.15, 0.2) is 24.3 Å². The fourth-order valence-corrected chi connectivity index (χ4v) is 3.44. The summed E-state index contributed by atoms with van der Waals surface area (Å²) in [6.07, 6.45) is 0.412. The summed E-state index contributed by atoms with van der Waals surface area (Å²) in [6, 6.07) is 8.31. The SMILES string of the molecule is Cc1ccc(-c2nc(C)sc2CC(=O)NCC2CNC2)cc1. The molecule has 1 fully saturated rings. The molecule has 0 atom stereocenters. The summed E-state index contributed by atoms with van der Waals surface area (Å²) in [6.45, 7) is 6.84. The van der Waals surface area contributed by atoms with Crippen molar-refractivity contribution in [3.05, 3.63) is 39.7 Å². The third-order valence-corrected chi connectivity index (χ3v) is 4.88. The first-order valence-corrected chi connectivity index (χ1v) is 8.44. The molecular formula is C17H21N3OS. The van der Waals surface area contributed by atoms with Crippen molar-refractivity contribution in [3.8, 4) is 11.3 Å². The molecule has 1 aliphatic heterocycles. The van der Waals surface area contributed by atoms with E-state index in [2.05, 4.69) is 46.8 Å². The van der Waals surface area contributed by atoms with Crippen LogP contribution in [0.4, 0.5) is 0 Å². The molecule has 1 aromatic carbocycles. The Morgan fingerprint density at radius 3 is 2.68 bits per heavy atom. The first kappa shape index (κ1) is 15.2. The average molecular weight is 315 g/mol. The molecule has 0 saturated carbocycles. The molecule has 116 valence electrons. The highest BCUT2D eigenvalue weighted by Crippen LogP contribution is 2.28. The Kier molecular flexibility index (Phi) is 4.55. The van der Waals surface area contributed by atoms with Gasteiger partial charge in [-0.3, -0.25) is 4.79 Å². The summed E-state index contributed by atoms with van der Waals surface area (Å²) in [7, 11) is 0. The van der Waals surface area contributed by atoms with Crippen molar-refractivity contribution in [1.29, 1.82) is 0 Å². The van der Waals surface area contributed by atoms with Crippen LogP contribution < -0.4 is 10.6 Å². The molecular weight excluding hydrogens is 294 g/mol. The van der Waals surface area contributed by atoms with Gasteiger partial charge in [-0.25, -0.2) is 4.98 Å². The number of hydrogen-bond acceptors (Lipinski definition) is 4. The number of benzene rings is 1. The Morgan fingerprint density at radius 1 is 1.32 bits per heavy atom. The largest absolute Gasteiger partial charge is 0.355 e. The van der Waals surface area contributed by atoms with Gasteiger partial charge >= 0.3 is 0 Å². The third kappa shape index (κ3) is 3.54. The van der Waals surface area contributed by atoms with Crippen LogP contribution in [0.1, 0.15) is 15.4 Å². The van der Waals surface area contributed by atoms with Crippen molar-refractivity contribution in [3.63, 3.8) is 0 Å². The van der Waals surface area contributed by atoms with E-state index < -0.39 is 0 Å². The Balaban J connectivity index is 1.70. The lowest BCUT2D eigenvalue weighted by Crippen LogP contribution is -2.48. The molecule has 22 heavy (non-hydrogen) atoms. The van der Waals surface area contributed by atoms with E-state index in [1.54, 1.807) is 11.3 Å². The molecule has 2 N–H and O–H groups in total. The summed E-state index contributed by atoms with van der Waals surface area (Å²) in [5.74, 6) is 0.674. The van der Waals surface area contributed by atoms with Crippen molar-refractivity contribution >= 4 is 17.2 Å². The van der Waals surface area contributed by atoms with Crippen LogP contribution in [0.3, 0.4) is 0 Å². The lowest BCUT2D eigenvalue weighted by Gasteiger charge is -2.27. The summed E-state index contributed by atoms with van der Waals surface area (Å²) in [4.78, 5) is 17.8. The molecule has 0 bridgehead atoms. The predicted molar refractivity (Wildman–Crippen MR) is 90.1 cm³/mol. The molecule has 1 saturated heterocycles. The van der Waals surface area contributed by atoms with E-state index >= 15 is 0 Å². The Hall–Kier alpha value is -1.72. The minimum absolute atomic E-state index is 0.0870. The van der Waals surface area contributed by atoms with Gasteiger partial charge in [0.1, 0.15) is 0 Å². The third-order valence-electron chi connectivity index (χ3n) is 3.90. The lowest BCUT2D eigenvalue weighted by atomic mass is 10.0. The lowest BCUT2D eigenvalue weighted by molar-refractivity contribution is -0.120. The van der Waals surface area contributed by atoms with Gasteiger partial charge in [0.15, 0.2) is 0 Å². The van der Waals surface area contributed by atoms with Gasteiger partial charge in [-0.1, -0.05) is 29.8 Å². The average Bonchev–Trinajstić information content (AvgIpc) is 2.78. The maximum Gasteiger partial charge on any atom is 0.225 e. The highest BCUT2D eigenvalue weighted by molar-refractivity contribution is 7.12. The zero-order chi connectivity index (χ0) is 15.5. The van der Waals surface area contributed by atoms with Crippen LogP contribution in [-0.2, 0) is 11.2 Å². The second-order valence-electron chi connectivity index (χ2n) is 5.88. The maximum atomic E-state index is 12.2. The summed E-state index contributed by atoms with van der Waals surface area (Å²) >= 11 is 1.61. The molecule has 0 radical (unpaired) electrons. The fourth-order valence-electron chi connectivity index (χ4n) is 2.49. The quantitative estimate of drug-likeness (QED) is 0.890. The van der Waals surface area contributed by atoms with Gasteiger partial charge in [-0.2, -0.15) is 0 Å². The van der Waals surface area contributed by atoms with Crippen LogP contribution in [0.25, 0.3) is 11.3 Å². The topological polar surface area (TPSA) is 54.0 Å².